The number of nitrogens with zero attached hydrogens (tertiary/aromatic N) is 1. The number of carbonyl (C=O) groups excluding carboxylic acids is 1. The van der Waals surface area contributed by atoms with E-state index < -0.39 is 0 Å². The summed E-state index contributed by atoms with van der Waals surface area (Å²) in [7, 11) is 0. The van der Waals surface area contributed by atoms with Crippen LogP contribution in [-0.4, -0.2) is 55.9 Å². The van der Waals surface area contributed by atoms with Crippen LogP contribution in [-0.2, 0) is 14.3 Å². The summed E-state index contributed by atoms with van der Waals surface area (Å²) in [5.41, 5.74) is 5.65. The number of morpholine rings is 1. The Morgan fingerprint density at radius 3 is 2.94 bits per heavy atom. The quantitative estimate of drug-likeness (QED) is 0.698. The first-order valence-electron chi connectivity index (χ1n) is 5.94. The molecule has 2 heterocycles. The predicted octanol–water partition coefficient (Wildman–Crippen LogP) is -0.402. The lowest BCUT2D eigenvalue weighted by Gasteiger charge is -2.36. The van der Waals surface area contributed by atoms with E-state index in [0.29, 0.717) is 38.8 Å². The van der Waals surface area contributed by atoms with Crippen LogP contribution in [0.1, 0.15) is 13.3 Å². The summed E-state index contributed by atoms with van der Waals surface area (Å²) in [6, 6.07) is 0.0117. The zero-order valence-electron chi connectivity index (χ0n) is 9.72. The predicted molar refractivity (Wildman–Crippen MR) is 58.9 cm³/mol. The number of ether oxygens (including phenoxy) is 2. The van der Waals surface area contributed by atoms with Gasteiger partial charge in [0.05, 0.1) is 19.3 Å². The van der Waals surface area contributed by atoms with Gasteiger partial charge in [0.15, 0.2) is 0 Å². The lowest BCUT2D eigenvalue weighted by atomic mass is 10.0. The van der Waals surface area contributed by atoms with Crippen LogP contribution in [0.2, 0.25) is 0 Å². The molecule has 2 rings (SSSR count). The zero-order chi connectivity index (χ0) is 11.5. The van der Waals surface area contributed by atoms with E-state index in [1.807, 2.05) is 4.90 Å². The smallest absolute Gasteiger partial charge is 0.252 e. The Bertz CT molecular complexity index is 260. The molecule has 2 aliphatic rings. The molecule has 0 radical (unpaired) electrons. The van der Waals surface area contributed by atoms with E-state index in [0.717, 1.165) is 6.42 Å². The van der Waals surface area contributed by atoms with Gasteiger partial charge >= 0.3 is 0 Å². The molecule has 1 amide bonds. The molecule has 5 nitrogen and oxygen atoms in total. The first-order valence-corrected chi connectivity index (χ1v) is 5.94. The molecular weight excluding hydrogens is 208 g/mol. The lowest BCUT2D eigenvalue weighted by Crippen LogP contribution is -2.55. The molecule has 2 N–H and O–H groups in total. The minimum Gasteiger partial charge on any atom is -0.377 e. The van der Waals surface area contributed by atoms with Gasteiger partial charge in [-0.2, -0.15) is 0 Å². The fraction of sp³-hybridized carbons (Fsp3) is 0.909. The molecule has 2 saturated heterocycles. The van der Waals surface area contributed by atoms with Gasteiger partial charge < -0.3 is 20.1 Å². The largest absolute Gasteiger partial charge is 0.377 e. The molecule has 0 saturated carbocycles. The summed E-state index contributed by atoms with van der Waals surface area (Å²) in [6.07, 6.45) is 0.695. The Hall–Kier alpha value is -0.650. The van der Waals surface area contributed by atoms with E-state index in [9.17, 15) is 4.79 Å². The summed E-state index contributed by atoms with van der Waals surface area (Å²) in [6.45, 7) is 4.98. The molecule has 16 heavy (non-hydrogen) atoms. The summed E-state index contributed by atoms with van der Waals surface area (Å²) in [4.78, 5) is 14.1. The van der Waals surface area contributed by atoms with Crippen molar-refractivity contribution in [1.82, 2.24) is 4.90 Å². The highest BCUT2D eigenvalue weighted by atomic mass is 16.5. The first kappa shape index (κ1) is 11.8. The summed E-state index contributed by atoms with van der Waals surface area (Å²) >= 11 is 0. The molecule has 0 aromatic rings. The Morgan fingerprint density at radius 1 is 1.50 bits per heavy atom. The molecule has 92 valence electrons. The van der Waals surface area contributed by atoms with Crippen molar-refractivity contribution in [3.63, 3.8) is 0 Å². The fourth-order valence-electron chi connectivity index (χ4n) is 2.31. The minimum absolute atomic E-state index is 0.0117. The molecule has 0 aromatic heterocycles. The van der Waals surface area contributed by atoms with Crippen molar-refractivity contribution in [3.05, 3.63) is 0 Å². The number of amides is 1. The van der Waals surface area contributed by atoms with Crippen LogP contribution in [0.4, 0.5) is 0 Å². The van der Waals surface area contributed by atoms with Gasteiger partial charge in [-0.3, -0.25) is 4.79 Å². The Morgan fingerprint density at radius 2 is 2.31 bits per heavy atom. The van der Waals surface area contributed by atoms with Gasteiger partial charge in [-0.15, -0.1) is 0 Å². The van der Waals surface area contributed by atoms with Crippen LogP contribution in [0.25, 0.3) is 0 Å². The third-order valence-electron chi connectivity index (χ3n) is 3.41. The molecule has 0 bridgehead atoms. The SMILES string of the molecule is CC1CCOC1C(=O)N1CCOCC1CN. The van der Waals surface area contributed by atoms with E-state index in [1.54, 1.807) is 0 Å². The second-order valence-electron chi connectivity index (χ2n) is 4.55. The van der Waals surface area contributed by atoms with Gasteiger partial charge in [0.2, 0.25) is 0 Å². The molecule has 5 heteroatoms. The van der Waals surface area contributed by atoms with Gasteiger partial charge in [0.1, 0.15) is 6.10 Å². The van der Waals surface area contributed by atoms with Crippen molar-refractivity contribution < 1.29 is 14.3 Å². The summed E-state index contributed by atoms with van der Waals surface area (Å²) in [5, 5.41) is 0. The second-order valence-corrected chi connectivity index (χ2v) is 4.55. The third-order valence-corrected chi connectivity index (χ3v) is 3.41. The number of rotatable bonds is 2. The Balaban J connectivity index is 2.01. The van der Waals surface area contributed by atoms with Crippen LogP contribution in [0.5, 0.6) is 0 Å². The van der Waals surface area contributed by atoms with Crippen molar-refractivity contribution in [2.75, 3.05) is 32.9 Å². The van der Waals surface area contributed by atoms with Crippen LogP contribution in [0.15, 0.2) is 0 Å². The number of hydrogen-bond donors (Lipinski definition) is 1. The average molecular weight is 228 g/mol. The normalized spacial score (nSPS) is 35.4. The van der Waals surface area contributed by atoms with Crippen LogP contribution in [0, 0.1) is 5.92 Å². The third kappa shape index (κ3) is 2.21. The van der Waals surface area contributed by atoms with Crippen LogP contribution < -0.4 is 5.73 Å². The highest BCUT2D eigenvalue weighted by Crippen LogP contribution is 2.23. The zero-order valence-corrected chi connectivity index (χ0v) is 9.72. The second kappa shape index (κ2) is 5.12. The monoisotopic (exact) mass is 228 g/mol. The fourth-order valence-corrected chi connectivity index (χ4v) is 2.31. The van der Waals surface area contributed by atoms with E-state index in [4.69, 9.17) is 15.2 Å². The maximum Gasteiger partial charge on any atom is 0.252 e. The molecule has 2 fully saturated rings. The number of hydrogen-bond acceptors (Lipinski definition) is 4. The van der Waals surface area contributed by atoms with Gasteiger partial charge in [0.25, 0.3) is 5.91 Å². The Labute approximate surface area is 95.9 Å². The van der Waals surface area contributed by atoms with Gasteiger partial charge in [-0.05, 0) is 12.3 Å². The van der Waals surface area contributed by atoms with Gasteiger partial charge in [-0.1, -0.05) is 6.92 Å². The van der Waals surface area contributed by atoms with Gasteiger partial charge in [0, 0.05) is 19.7 Å². The molecule has 0 aromatic carbocycles. The molecule has 0 spiro atoms. The molecule has 3 atom stereocenters. The molecule has 0 aliphatic carbocycles. The van der Waals surface area contributed by atoms with Gasteiger partial charge in [-0.25, -0.2) is 0 Å². The standard InChI is InChI=1S/C11H20N2O3/c1-8-2-4-16-10(8)11(14)13-3-5-15-7-9(13)6-12/h8-10H,2-7,12H2,1H3. The van der Waals surface area contributed by atoms with Crippen LogP contribution >= 0.6 is 0 Å². The molecule has 2 aliphatic heterocycles. The number of nitrogens with two attached hydrogens (primary N) is 1. The van der Waals surface area contributed by atoms with E-state index in [-0.39, 0.29) is 18.1 Å². The maximum atomic E-state index is 12.3. The van der Waals surface area contributed by atoms with E-state index in [1.165, 1.54) is 0 Å². The number of carbonyl (C=O) groups is 1. The van der Waals surface area contributed by atoms with Crippen LogP contribution in [0.3, 0.4) is 0 Å². The van der Waals surface area contributed by atoms with E-state index >= 15 is 0 Å². The average Bonchev–Trinajstić information content (AvgIpc) is 2.74. The lowest BCUT2D eigenvalue weighted by molar-refractivity contribution is -0.150. The van der Waals surface area contributed by atoms with E-state index in [2.05, 4.69) is 6.92 Å². The molecular formula is C11H20N2O3. The summed E-state index contributed by atoms with van der Waals surface area (Å²) < 4.78 is 10.8. The summed E-state index contributed by atoms with van der Waals surface area (Å²) in [5.74, 6) is 0.400. The Kier molecular flexibility index (Phi) is 3.78. The minimum atomic E-state index is -0.271. The van der Waals surface area contributed by atoms with Crippen molar-refractivity contribution in [2.24, 2.45) is 11.7 Å². The van der Waals surface area contributed by atoms with Crippen molar-refractivity contribution in [3.8, 4) is 0 Å². The highest BCUT2D eigenvalue weighted by molar-refractivity contribution is 5.82. The van der Waals surface area contributed by atoms with Crippen molar-refractivity contribution in [1.29, 1.82) is 0 Å². The highest BCUT2D eigenvalue weighted by Gasteiger charge is 2.37. The van der Waals surface area contributed by atoms with Crippen molar-refractivity contribution in [2.45, 2.75) is 25.5 Å². The maximum absolute atomic E-state index is 12.3. The molecule has 3 unspecified atom stereocenters. The first-order chi connectivity index (χ1) is 7.74. The topological polar surface area (TPSA) is 64.8 Å². The van der Waals surface area contributed by atoms with Crippen molar-refractivity contribution >= 4 is 5.91 Å².